The summed E-state index contributed by atoms with van der Waals surface area (Å²) in [5.74, 6) is 1.07. The number of nitrogens with one attached hydrogen (secondary N) is 1. The van der Waals surface area contributed by atoms with Crippen LogP contribution < -0.4 is 5.32 Å². The summed E-state index contributed by atoms with van der Waals surface area (Å²) >= 11 is 1.75. The van der Waals surface area contributed by atoms with E-state index in [0.717, 1.165) is 23.7 Å². The van der Waals surface area contributed by atoms with Crippen LogP contribution in [-0.4, -0.2) is 15.9 Å². The second-order valence-electron chi connectivity index (χ2n) is 5.37. The van der Waals surface area contributed by atoms with Gasteiger partial charge >= 0.3 is 0 Å². The number of anilines is 1. The average Bonchev–Trinajstić information content (AvgIpc) is 3.12. The molecule has 0 aliphatic heterocycles. The van der Waals surface area contributed by atoms with Crippen LogP contribution in [0.1, 0.15) is 12.5 Å². The number of aromatic nitrogens is 2. The molecule has 110 valence electrons. The van der Waals surface area contributed by atoms with Gasteiger partial charge in [0.15, 0.2) is 5.65 Å². The Morgan fingerprint density at radius 3 is 2.86 bits per heavy atom. The predicted octanol–water partition coefficient (Wildman–Crippen LogP) is 4.96. The van der Waals surface area contributed by atoms with Crippen LogP contribution in [0.4, 0.5) is 5.82 Å². The summed E-state index contributed by atoms with van der Waals surface area (Å²) in [4.78, 5) is 4.97. The minimum absolute atomic E-state index is 0.870. The number of hydrogen-bond acceptors (Lipinski definition) is 3. The Kier molecular flexibility index (Phi) is 3.12. The van der Waals surface area contributed by atoms with Crippen LogP contribution in [0.3, 0.4) is 0 Å². The van der Waals surface area contributed by atoms with Crippen LogP contribution in [-0.2, 0) is 0 Å². The third-order valence-corrected chi connectivity index (χ3v) is 4.88. The molecule has 0 saturated heterocycles. The molecule has 0 radical (unpaired) electrons. The second-order valence-corrected chi connectivity index (χ2v) is 6.28. The Morgan fingerprint density at radius 1 is 1.18 bits per heavy atom. The van der Waals surface area contributed by atoms with E-state index in [1.807, 2.05) is 0 Å². The number of pyridine rings is 1. The third-order valence-electron chi connectivity index (χ3n) is 3.96. The minimum atomic E-state index is 0.870. The molecule has 3 heterocycles. The molecule has 0 aliphatic carbocycles. The fourth-order valence-corrected chi connectivity index (χ4v) is 3.76. The molecule has 1 N–H and O–H groups in total. The summed E-state index contributed by atoms with van der Waals surface area (Å²) in [6.45, 7) is 5.12. The number of nitrogens with zero attached hydrogens (tertiary/aromatic N) is 2. The standard InChI is InChI=1S/C18H17N3S/c1-3-19-17-15(14-7-5-4-6-12(14)2)20-18-16-13(9-11-22-16)8-10-21(17)18/h4-11,19H,3H2,1-2H3. The second kappa shape index (κ2) is 5.14. The van der Waals surface area contributed by atoms with Crippen molar-refractivity contribution >= 4 is 32.9 Å². The van der Waals surface area contributed by atoms with Gasteiger partial charge in [-0.05, 0) is 42.3 Å². The first-order valence-corrected chi connectivity index (χ1v) is 8.35. The molecule has 0 unspecified atom stereocenters. The summed E-state index contributed by atoms with van der Waals surface area (Å²) in [7, 11) is 0. The highest BCUT2D eigenvalue weighted by Crippen LogP contribution is 2.34. The lowest BCUT2D eigenvalue weighted by molar-refractivity contribution is 1.12. The van der Waals surface area contributed by atoms with E-state index in [4.69, 9.17) is 4.98 Å². The lowest BCUT2D eigenvalue weighted by Gasteiger charge is -2.08. The van der Waals surface area contributed by atoms with Gasteiger partial charge in [-0.1, -0.05) is 24.3 Å². The van der Waals surface area contributed by atoms with Crippen molar-refractivity contribution in [2.24, 2.45) is 0 Å². The number of benzene rings is 1. The molecule has 0 fully saturated rings. The van der Waals surface area contributed by atoms with Gasteiger partial charge in [-0.15, -0.1) is 11.3 Å². The van der Waals surface area contributed by atoms with E-state index in [1.165, 1.54) is 21.2 Å². The maximum absolute atomic E-state index is 4.97. The summed E-state index contributed by atoms with van der Waals surface area (Å²) in [6.07, 6.45) is 2.11. The van der Waals surface area contributed by atoms with Gasteiger partial charge in [0.05, 0.1) is 4.70 Å². The fraction of sp³-hybridized carbons (Fsp3) is 0.167. The van der Waals surface area contributed by atoms with Crippen LogP contribution in [0.2, 0.25) is 0 Å². The van der Waals surface area contributed by atoms with Crippen LogP contribution in [0.25, 0.3) is 27.0 Å². The van der Waals surface area contributed by atoms with E-state index in [9.17, 15) is 0 Å². The van der Waals surface area contributed by atoms with Gasteiger partial charge < -0.3 is 5.32 Å². The van der Waals surface area contributed by atoms with Crippen molar-refractivity contribution in [2.75, 3.05) is 11.9 Å². The van der Waals surface area contributed by atoms with E-state index < -0.39 is 0 Å². The smallest absolute Gasteiger partial charge is 0.157 e. The molecule has 0 bridgehead atoms. The molecule has 3 nitrogen and oxygen atoms in total. The SMILES string of the molecule is CCNc1c(-c2ccccc2C)nc2c3sccc3ccn12. The molecule has 0 aliphatic rings. The van der Waals surface area contributed by atoms with Crippen molar-refractivity contribution in [1.29, 1.82) is 0 Å². The Labute approximate surface area is 133 Å². The first-order valence-electron chi connectivity index (χ1n) is 7.47. The maximum atomic E-state index is 4.97. The average molecular weight is 307 g/mol. The first-order chi connectivity index (χ1) is 10.8. The minimum Gasteiger partial charge on any atom is -0.370 e. The third kappa shape index (κ3) is 1.91. The molecular formula is C18H17N3S. The van der Waals surface area contributed by atoms with Crippen molar-refractivity contribution in [2.45, 2.75) is 13.8 Å². The van der Waals surface area contributed by atoms with Crippen molar-refractivity contribution < 1.29 is 0 Å². The zero-order valence-corrected chi connectivity index (χ0v) is 13.4. The van der Waals surface area contributed by atoms with Gasteiger partial charge in [-0.3, -0.25) is 4.40 Å². The van der Waals surface area contributed by atoms with E-state index >= 15 is 0 Å². The van der Waals surface area contributed by atoms with Crippen molar-refractivity contribution in [3.05, 3.63) is 53.5 Å². The van der Waals surface area contributed by atoms with Gasteiger partial charge in [-0.2, -0.15) is 0 Å². The number of hydrogen-bond donors (Lipinski definition) is 1. The molecule has 0 spiro atoms. The molecule has 0 saturated carbocycles. The monoisotopic (exact) mass is 307 g/mol. The van der Waals surface area contributed by atoms with Gasteiger partial charge in [0.25, 0.3) is 0 Å². The number of imidazole rings is 1. The Balaban J connectivity index is 2.09. The molecule has 0 amide bonds. The van der Waals surface area contributed by atoms with E-state index in [0.29, 0.717) is 0 Å². The number of thiophene rings is 1. The summed E-state index contributed by atoms with van der Waals surface area (Å²) in [6, 6.07) is 12.7. The van der Waals surface area contributed by atoms with Gasteiger partial charge in [0.1, 0.15) is 11.5 Å². The number of rotatable bonds is 3. The Bertz CT molecular complexity index is 965. The molecule has 22 heavy (non-hydrogen) atoms. The Morgan fingerprint density at radius 2 is 2.05 bits per heavy atom. The quantitative estimate of drug-likeness (QED) is 0.580. The van der Waals surface area contributed by atoms with Gasteiger partial charge in [0, 0.05) is 18.3 Å². The zero-order chi connectivity index (χ0) is 15.1. The predicted molar refractivity (Wildman–Crippen MR) is 94.9 cm³/mol. The molecule has 4 rings (SSSR count). The van der Waals surface area contributed by atoms with E-state index in [2.05, 4.69) is 71.5 Å². The van der Waals surface area contributed by atoms with Crippen molar-refractivity contribution in [1.82, 2.24) is 9.38 Å². The zero-order valence-electron chi connectivity index (χ0n) is 12.6. The topological polar surface area (TPSA) is 29.3 Å². The van der Waals surface area contributed by atoms with Crippen LogP contribution in [0.5, 0.6) is 0 Å². The first kappa shape index (κ1) is 13.3. The van der Waals surface area contributed by atoms with Gasteiger partial charge in [0.2, 0.25) is 0 Å². The lowest BCUT2D eigenvalue weighted by atomic mass is 10.1. The molecule has 1 aromatic carbocycles. The largest absolute Gasteiger partial charge is 0.370 e. The molecule has 4 aromatic rings. The summed E-state index contributed by atoms with van der Waals surface area (Å²) in [5.41, 5.74) is 4.49. The highest BCUT2D eigenvalue weighted by Gasteiger charge is 2.16. The van der Waals surface area contributed by atoms with Crippen LogP contribution in [0.15, 0.2) is 48.0 Å². The van der Waals surface area contributed by atoms with Crippen LogP contribution in [0, 0.1) is 6.92 Å². The molecule has 0 atom stereocenters. The van der Waals surface area contributed by atoms with Crippen molar-refractivity contribution in [3.8, 4) is 11.3 Å². The number of aryl methyl sites for hydroxylation is 1. The molecule has 4 heteroatoms. The van der Waals surface area contributed by atoms with Gasteiger partial charge in [-0.25, -0.2) is 4.98 Å². The lowest BCUT2D eigenvalue weighted by Crippen LogP contribution is -2.01. The number of fused-ring (bicyclic) bond motifs is 3. The fourth-order valence-electron chi connectivity index (χ4n) is 2.89. The van der Waals surface area contributed by atoms with Crippen molar-refractivity contribution in [3.63, 3.8) is 0 Å². The normalized spacial score (nSPS) is 11.4. The highest BCUT2D eigenvalue weighted by atomic mass is 32.1. The maximum Gasteiger partial charge on any atom is 0.157 e. The van der Waals surface area contributed by atoms with Crippen LogP contribution >= 0.6 is 11.3 Å². The molecule has 3 aromatic heterocycles. The highest BCUT2D eigenvalue weighted by molar-refractivity contribution is 7.18. The van der Waals surface area contributed by atoms with E-state index in [1.54, 1.807) is 11.3 Å². The van der Waals surface area contributed by atoms with E-state index in [-0.39, 0.29) is 0 Å². The summed E-state index contributed by atoms with van der Waals surface area (Å²) < 4.78 is 3.41. The molecular weight excluding hydrogens is 290 g/mol. The Hall–Kier alpha value is -2.33. The summed E-state index contributed by atoms with van der Waals surface area (Å²) in [5, 5.41) is 6.86.